The second kappa shape index (κ2) is 3.35. The average molecular weight is 182 g/mol. The topological polar surface area (TPSA) is 73.1 Å². The fourth-order valence-corrected chi connectivity index (χ4v) is 1.12. The third-order valence-electron chi connectivity index (χ3n) is 2.30. The number of carbonyl (C=O) groups is 1. The fraction of sp³-hybridized carbons (Fsp3) is 0.778. The number of nitriles is 1. The van der Waals surface area contributed by atoms with Crippen LogP contribution >= 0.6 is 0 Å². The van der Waals surface area contributed by atoms with Gasteiger partial charge in [0.05, 0.1) is 12.2 Å². The van der Waals surface area contributed by atoms with Crippen LogP contribution in [0.4, 0.5) is 0 Å². The van der Waals surface area contributed by atoms with E-state index < -0.39 is 5.41 Å². The molecule has 0 atom stereocenters. The molecular formula is C9H14N2O2. The Kier molecular flexibility index (Phi) is 2.58. The highest BCUT2D eigenvalue weighted by atomic mass is 16.3. The van der Waals surface area contributed by atoms with Gasteiger partial charge in [-0.25, -0.2) is 0 Å². The van der Waals surface area contributed by atoms with E-state index in [0.717, 1.165) is 0 Å². The SMILES string of the molecule is CC(C)(C#N)C(=O)NC1CC(O)C1. The first-order chi connectivity index (χ1) is 5.95. The van der Waals surface area contributed by atoms with Gasteiger partial charge in [0.25, 0.3) is 0 Å². The summed E-state index contributed by atoms with van der Waals surface area (Å²) in [6.45, 7) is 3.16. The highest BCUT2D eigenvalue weighted by molar-refractivity contribution is 5.84. The summed E-state index contributed by atoms with van der Waals surface area (Å²) in [6, 6.07) is 1.98. The Labute approximate surface area is 77.6 Å². The molecule has 0 aromatic rings. The summed E-state index contributed by atoms with van der Waals surface area (Å²) in [5.41, 5.74) is -0.972. The summed E-state index contributed by atoms with van der Waals surface area (Å²) in [6.07, 6.45) is 0.927. The maximum atomic E-state index is 11.4. The number of nitrogens with one attached hydrogen (secondary N) is 1. The number of nitrogens with zero attached hydrogens (tertiary/aromatic N) is 1. The van der Waals surface area contributed by atoms with E-state index in [1.54, 1.807) is 13.8 Å². The van der Waals surface area contributed by atoms with Crippen LogP contribution in [0.2, 0.25) is 0 Å². The van der Waals surface area contributed by atoms with E-state index in [1.165, 1.54) is 0 Å². The van der Waals surface area contributed by atoms with Crippen LogP contribution in [-0.2, 0) is 4.79 Å². The molecule has 0 aromatic carbocycles. The van der Waals surface area contributed by atoms with Crippen molar-refractivity contribution in [3.05, 3.63) is 0 Å². The molecule has 0 bridgehead atoms. The minimum absolute atomic E-state index is 0.0510. The monoisotopic (exact) mass is 182 g/mol. The largest absolute Gasteiger partial charge is 0.393 e. The summed E-state index contributed by atoms with van der Waals surface area (Å²) in [7, 11) is 0. The predicted octanol–water partition coefficient (Wildman–Crippen LogP) is 0.176. The Hall–Kier alpha value is -1.08. The van der Waals surface area contributed by atoms with Crippen LogP contribution in [0.1, 0.15) is 26.7 Å². The van der Waals surface area contributed by atoms with Crippen molar-refractivity contribution in [1.82, 2.24) is 5.32 Å². The van der Waals surface area contributed by atoms with Crippen LogP contribution in [-0.4, -0.2) is 23.2 Å². The molecule has 2 N–H and O–H groups in total. The molecule has 1 aliphatic carbocycles. The van der Waals surface area contributed by atoms with Crippen LogP contribution in [0.15, 0.2) is 0 Å². The van der Waals surface area contributed by atoms with Gasteiger partial charge in [-0.1, -0.05) is 0 Å². The number of amides is 1. The average Bonchev–Trinajstić information content (AvgIpc) is 2.01. The van der Waals surface area contributed by atoms with E-state index in [-0.39, 0.29) is 18.1 Å². The van der Waals surface area contributed by atoms with Crippen molar-refractivity contribution in [3.63, 3.8) is 0 Å². The molecule has 1 aliphatic rings. The fourth-order valence-electron chi connectivity index (χ4n) is 1.12. The van der Waals surface area contributed by atoms with Crippen molar-refractivity contribution in [2.24, 2.45) is 5.41 Å². The Bertz CT molecular complexity index is 249. The van der Waals surface area contributed by atoms with Gasteiger partial charge in [-0.15, -0.1) is 0 Å². The lowest BCUT2D eigenvalue weighted by molar-refractivity contribution is -0.128. The van der Waals surface area contributed by atoms with Crippen molar-refractivity contribution >= 4 is 5.91 Å². The second-order valence-corrected chi connectivity index (χ2v) is 4.03. The molecule has 0 radical (unpaired) electrons. The maximum absolute atomic E-state index is 11.4. The van der Waals surface area contributed by atoms with Crippen molar-refractivity contribution in [2.75, 3.05) is 0 Å². The van der Waals surface area contributed by atoms with E-state index in [4.69, 9.17) is 10.4 Å². The lowest BCUT2D eigenvalue weighted by atomic mass is 9.87. The zero-order valence-electron chi connectivity index (χ0n) is 7.87. The highest BCUT2D eigenvalue weighted by Crippen LogP contribution is 2.21. The first-order valence-electron chi connectivity index (χ1n) is 4.36. The molecule has 72 valence electrons. The minimum Gasteiger partial charge on any atom is -0.393 e. The Morgan fingerprint density at radius 1 is 1.62 bits per heavy atom. The molecule has 13 heavy (non-hydrogen) atoms. The number of rotatable bonds is 2. The molecular weight excluding hydrogens is 168 g/mol. The summed E-state index contributed by atoms with van der Waals surface area (Å²) in [4.78, 5) is 11.4. The molecule has 0 saturated heterocycles. The van der Waals surface area contributed by atoms with E-state index in [2.05, 4.69) is 5.32 Å². The first kappa shape index (κ1) is 10.0. The smallest absolute Gasteiger partial charge is 0.240 e. The van der Waals surface area contributed by atoms with Gasteiger partial charge in [0.1, 0.15) is 5.41 Å². The molecule has 1 fully saturated rings. The minimum atomic E-state index is -0.972. The van der Waals surface area contributed by atoms with Gasteiger partial charge in [-0.3, -0.25) is 4.79 Å². The summed E-state index contributed by atoms with van der Waals surface area (Å²) >= 11 is 0. The molecule has 0 spiro atoms. The number of hydrogen-bond acceptors (Lipinski definition) is 3. The van der Waals surface area contributed by atoms with E-state index >= 15 is 0 Å². The molecule has 0 aromatic heterocycles. The third-order valence-corrected chi connectivity index (χ3v) is 2.30. The summed E-state index contributed by atoms with van der Waals surface area (Å²) < 4.78 is 0. The molecule has 1 amide bonds. The molecule has 0 aliphatic heterocycles. The van der Waals surface area contributed by atoms with Gasteiger partial charge in [0.15, 0.2) is 0 Å². The van der Waals surface area contributed by atoms with Crippen LogP contribution < -0.4 is 5.32 Å². The standard InChI is InChI=1S/C9H14N2O2/c1-9(2,5-10)8(13)11-6-3-7(12)4-6/h6-7,12H,3-4H2,1-2H3,(H,11,13). The van der Waals surface area contributed by atoms with Gasteiger partial charge in [-0.2, -0.15) is 5.26 Å². The Morgan fingerprint density at radius 3 is 2.54 bits per heavy atom. The number of aliphatic hydroxyl groups excluding tert-OH is 1. The number of carbonyl (C=O) groups excluding carboxylic acids is 1. The Balaban J connectivity index is 2.39. The molecule has 4 nitrogen and oxygen atoms in total. The molecule has 4 heteroatoms. The van der Waals surface area contributed by atoms with Crippen LogP contribution in [0, 0.1) is 16.7 Å². The maximum Gasteiger partial charge on any atom is 0.240 e. The van der Waals surface area contributed by atoms with Crippen molar-refractivity contribution in [1.29, 1.82) is 5.26 Å². The lowest BCUT2D eigenvalue weighted by Gasteiger charge is -2.33. The van der Waals surface area contributed by atoms with Crippen molar-refractivity contribution in [3.8, 4) is 6.07 Å². The van der Waals surface area contributed by atoms with Gasteiger partial charge >= 0.3 is 0 Å². The normalized spacial score (nSPS) is 27.2. The van der Waals surface area contributed by atoms with Crippen LogP contribution in [0.3, 0.4) is 0 Å². The zero-order chi connectivity index (χ0) is 10.1. The molecule has 1 saturated carbocycles. The van der Waals surface area contributed by atoms with Gasteiger partial charge in [0.2, 0.25) is 5.91 Å². The first-order valence-corrected chi connectivity index (χ1v) is 4.36. The molecule has 1 rings (SSSR count). The summed E-state index contributed by atoms with van der Waals surface area (Å²) in [5, 5.41) is 20.4. The highest BCUT2D eigenvalue weighted by Gasteiger charge is 2.33. The number of hydrogen-bond donors (Lipinski definition) is 2. The second-order valence-electron chi connectivity index (χ2n) is 4.03. The quantitative estimate of drug-likeness (QED) is 0.639. The van der Waals surface area contributed by atoms with E-state index in [9.17, 15) is 4.79 Å². The van der Waals surface area contributed by atoms with E-state index in [1.807, 2.05) is 6.07 Å². The molecule has 0 unspecified atom stereocenters. The van der Waals surface area contributed by atoms with Crippen LogP contribution in [0.5, 0.6) is 0 Å². The van der Waals surface area contributed by atoms with E-state index in [0.29, 0.717) is 12.8 Å². The van der Waals surface area contributed by atoms with Crippen molar-refractivity contribution < 1.29 is 9.90 Å². The summed E-state index contributed by atoms with van der Waals surface area (Å²) in [5.74, 6) is -0.257. The van der Waals surface area contributed by atoms with Crippen LogP contribution in [0.25, 0.3) is 0 Å². The molecule has 0 heterocycles. The number of aliphatic hydroxyl groups is 1. The predicted molar refractivity (Wildman–Crippen MR) is 46.6 cm³/mol. The Morgan fingerprint density at radius 2 is 2.15 bits per heavy atom. The van der Waals surface area contributed by atoms with Gasteiger partial charge in [-0.05, 0) is 26.7 Å². The van der Waals surface area contributed by atoms with Gasteiger partial charge in [0, 0.05) is 6.04 Å². The van der Waals surface area contributed by atoms with Crippen molar-refractivity contribution in [2.45, 2.75) is 38.8 Å². The zero-order valence-corrected chi connectivity index (χ0v) is 7.87. The third kappa shape index (κ3) is 2.19. The van der Waals surface area contributed by atoms with Gasteiger partial charge < -0.3 is 10.4 Å². The lowest BCUT2D eigenvalue weighted by Crippen LogP contribution is -2.50.